The van der Waals surface area contributed by atoms with E-state index in [4.69, 9.17) is 16.7 Å². The summed E-state index contributed by atoms with van der Waals surface area (Å²) in [6.07, 6.45) is 3.65. The van der Waals surface area contributed by atoms with Gasteiger partial charge in [-0.1, -0.05) is 37.6 Å². The quantitative estimate of drug-likeness (QED) is 0.831. The Bertz CT molecular complexity index is 570. The second-order valence-electron chi connectivity index (χ2n) is 4.55. The van der Waals surface area contributed by atoms with Gasteiger partial charge in [-0.25, -0.2) is 0 Å². The van der Waals surface area contributed by atoms with Crippen LogP contribution >= 0.6 is 0 Å². The predicted octanol–water partition coefficient (Wildman–Crippen LogP) is 3.75. The van der Waals surface area contributed by atoms with Gasteiger partial charge in [-0.05, 0) is 42.7 Å². The van der Waals surface area contributed by atoms with Crippen LogP contribution in [0, 0.1) is 11.3 Å². The fourth-order valence-corrected chi connectivity index (χ4v) is 1.73. The minimum atomic E-state index is 0.539. The van der Waals surface area contributed by atoms with Gasteiger partial charge in [0.05, 0.1) is 5.56 Å². The average Bonchev–Trinajstić information content (AvgIpc) is 2.46. The fourth-order valence-electron chi connectivity index (χ4n) is 1.73. The van der Waals surface area contributed by atoms with Gasteiger partial charge >= 0.3 is 0 Å². The van der Waals surface area contributed by atoms with E-state index in [1.165, 1.54) is 18.4 Å². The third-order valence-electron chi connectivity index (χ3n) is 2.85. The highest BCUT2D eigenvalue weighted by Crippen LogP contribution is 2.09. The topological polar surface area (TPSA) is 75.8 Å². The van der Waals surface area contributed by atoms with E-state index in [0.29, 0.717) is 11.3 Å². The number of benzene rings is 2. The minimum Gasteiger partial charge on any atom is -0.399 e. The van der Waals surface area contributed by atoms with Crippen molar-refractivity contribution in [2.75, 3.05) is 11.5 Å². The number of nitrogens with two attached hydrogens (primary N) is 2. The lowest BCUT2D eigenvalue weighted by atomic mass is 10.1. The number of para-hydroxylation sites is 1. The Hall–Kier alpha value is -2.47. The molecule has 0 aliphatic rings. The Morgan fingerprint density at radius 1 is 1.05 bits per heavy atom. The molecule has 0 saturated heterocycles. The molecule has 3 nitrogen and oxygen atoms in total. The zero-order chi connectivity index (χ0) is 14.8. The van der Waals surface area contributed by atoms with Crippen LogP contribution in [0.2, 0.25) is 0 Å². The molecule has 0 amide bonds. The van der Waals surface area contributed by atoms with E-state index >= 15 is 0 Å². The lowest BCUT2D eigenvalue weighted by molar-refractivity contribution is 0.795. The van der Waals surface area contributed by atoms with Gasteiger partial charge in [0.15, 0.2) is 0 Å². The van der Waals surface area contributed by atoms with Gasteiger partial charge in [-0.3, -0.25) is 0 Å². The zero-order valence-corrected chi connectivity index (χ0v) is 11.8. The van der Waals surface area contributed by atoms with Crippen LogP contribution in [0.5, 0.6) is 0 Å². The summed E-state index contributed by atoms with van der Waals surface area (Å²) in [5, 5.41) is 8.39. The van der Waals surface area contributed by atoms with E-state index in [2.05, 4.69) is 19.1 Å². The first-order valence-corrected chi connectivity index (χ1v) is 6.76. The summed E-state index contributed by atoms with van der Waals surface area (Å²) in [5.41, 5.74) is 14.3. The smallest absolute Gasteiger partial charge is 0.101 e. The van der Waals surface area contributed by atoms with Crippen molar-refractivity contribution in [1.82, 2.24) is 0 Å². The van der Waals surface area contributed by atoms with Gasteiger partial charge in [-0.2, -0.15) is 5.26 Å². The Balaban J connectivity index is 0.000000204. The SMILES string of the molecule is CCCCc1cccc(N)c1.N#Cc1ccccc1N. The summed E-state index contributed by atoms with van der Waals surface area (Å²) in [6, 6.07) is 17.1. The maximum Gasteiger partial charge on any atom is 0.101 e. The molecule has 3 heteroatoms. The van der Waals surface area contributed by atoms with Crippen LogP contribution in [0.1, 0.15) is 30.9 Å². The van der Waals surface area contributed by atoms with Gasteiger partial charge in [0, 0.05) is 11.4 Å². The van der Waals surface area contributed by atoms with E-state index in [0.717, 1.165) is 12.1 Å². The van der Waals surface area contributed by atoms with Crippen LogP contribution < -0.4 is 11.5 Å². The Kier molecular flexibility index (Phi) is 6.70. The van der Waals surface area contributed by atoms with E-state index in [-0.39, 0.29) is 0 Å². The molecule has 2 aromatic carbocycles. The minimum absolute atomic E-state index is 0.539. The third kappa shape index (κ3) is 5.45. The zero-order valence-electron chi connectivity index (χ0n) is 11.8. The number of unbranched alkanes of at least 4 members (excludes halogenated alkanes) is 1. The Labute approximate surface area is 120 Å². The van der Waals surface area contributed by atoms with Crippen LogP contribution in [0.25, 0.3) is 0 Å². The second-order valence-corrected chi connectivity index (χ2v) is 4.55. The highest BCUT2D eigenvalue weighted by molar-refractivity contribution is 5.53. The average molecular weight is 267 g/mol. The van der Waals surface area contributed by atoms with Gasteiger partial charge in [0.2, 0.25) is 0 Å². The van der Waals surface area contributed by atoms with Crippen LogP contribution in [0.4, 0.5) is 11.4 Å². The molecule has 20 heavy (non-hydrogen) atoms. The first-order valence-electron chi connectivity index (χ1n) is 6.76. The Morgan fingerprint density at radius 2 is 1.80 bits per heavy atom. The number of nitrogen functional groups attached to an aromatic ring is 2. The number of nitriles is 1. The molecule has 0 aliphatic carbocycles. The lowest BCUT2D eigenvalue weighted by Gasteiger charge is -1.99. The molecule has 0 fully saturated rings. The van der Waals surface area contributed by atoms with E-state index in [1.54, 1.807) is 24.3 Å². The molecule has 0 atom stereocenters. The van der Waals surface area contributed by atoms with Crippen LogP contribution in [0.3, 0.4) is 0 Å². The first-order chi connectivity index (χ1) is 9.67. The van der Waals surface area contributed by atoms with E-state index < -0.39 is 0 Å². The van der Waals surface area contributed by atoms with E-state index in [1.807, 2.05) is 18.2 Å². The van der Waals surface area contributed by atoms with Crippen molar-refractivity contribution in [3.63, 3.8) is 0 Å². The number of nitrogens with zero attached hydrogens (tertiary/aromatic N) is 1. The molecule has 0 aromatic heterocycles. The summed E-state index contributed by atoms with van der Waals surface area (Å²) in [6.45, 7) is 2.20. The van der Waals surface area contributed by atoms with Crippen molar-refractivity contribution in [3.05, 3.63) is 59.7 Å². The monoisotopic (exact) mass is 267 g/mol. The fraction of sp³-hybridized carbons (Fsp3) is 0.235. The highest BCUT2D eigenvalue weighted by atomic mass is 14.6. The summed E-state index contributed by atoms with van der Waals surface area (Å²) in [5.74, 6) is 0. The molecule has 2 aromatic rings. The van der Waals surface area contributed by atoms with Crippen LogP contribution in [-0.2, 0) is 6.42 Å². The van der Waals surface area contributed by atoms with Crippen molar-refractivity contribution in [1.29, 1.82) is 5.26 Å². The summed E-state index contributed by atoms with van der Waals surface area (Å²) < 4.78 is 0. The van der Waals surface area contributed by atoms with Gasteiger partial charge in [0.1, 0.15) is 6.07 Å². The number of aryl methyl sites for hydroxylation is 1. The number of hydrogen-bond donors (Lipinski definition) is 2. The Morgan fingerprint density at radius 3 is 2.35 bits per heavy atom. The lowest BCUT2D eigenvalue weighted by Crippen LogP contribution is -1.88. The molecule has 0 radical (unpaired) electrons. The predicted molar refractivity (Wildman–Crippen MR) is 85.0 cm³/mol. The summed E-state index contributed by atoms with van der Waals surface area (Å²) in [4.78, 5) is 0. The van der Waals surface area contributed by atoms with Crippen molar-refractivity contribution in [2.45, 2.75) is 26.2 Å². The molecule has 2 rings (SSSR count). The van der Waals surface area contributed by atoms with Crippen molar-refractivity contribution in [2.24, 2.45) is 0 Å². The van der Waals surface area contributed by atoms with Gasteiger partial charge < -0.3 is 11.5 Å². The van der Waals surface area contributed by atoms with Crippen LogP contribution in [0.15, 0.2) is 48.5 Å². The normalized spacial score (nSPS) is 9.20. The molecule has 4 N–H and O–H groups in total. The molecule has 0 saturated carbocycles. The molecule has 0 aliphatic heterocycles. The number of rotatable bonds is 3. The molecular formula is C17H21N3. The van der Waals surface area contributed by atoms with Gasteiger partial charge in [-0.15, -0.1) is 0 Å². The molecule has 0 spiro atoms. The van der Waals surface area contributed by atoms with E-state index in [9.17, 15) is 0 Å². The molecule has 0 unspecified atom stereocenters. The maximum absolute atomic E-state index is 8.39. The van der Waals surface area contributed by atoms with Crippen molar-refractivity contribution in [3.8, 4) is 6.07 Å². The molecular weight excluding hydrogens is 246 g/mol. The number of hydrogen-bond acceptors (Lipinski definition) is 3. The summed E-state index contributed by atoms with van der Waals surface area (Å²) in [7, 11) is 0. The number of anilines is 2. The molecule has 0 heterocycles. The third-order valence-corrected chi connectivity index (χ3v) is 2.85. The van der Waals surface area contributed by atoms with Crippen molar-refractivity contribution < 1.29 is 0 Å². The maximum atomic E-state index is 8.39. The summed E-state index contributed by atoms with van der Waals surface area (Å²) >= 11 is 0. The standard InChI is InChI=1S/C10H15N.C7H6N2/c1-2-3-5-9-6-4-7-10(11)8-9;8-5-6-3-1-2-4-7(6)9/h4,6-8H,2-3,5,11H2,1H3;1-4H,9H2. The van der Waals surface area contributed by atoms with Gasteiger partial charge in [0.25, 0.3) is 0 Å². The largest absolute Gasteiger partial charge is 0.399 e. The molecule has 0 bridgehead atoms. The first kappa shape index (κ1) is 15.6. The van der Waals surface area contributed by atoms with Crippen LogP contribution in [-0.4, -0.2) is 0 Å². The highest BCUT2D eigenvalue weighted by Gasteiger charge is 1.91. The second kappa shape index (κ2) is 8.60. The molecule has 104 valence electrons. The van der Waals surface area contributed by atoms with Crippen molar-refractivity contribution >= 4 is 11.4 Å².